The van der Waals surface area contributed by atoms with Crippen LogP contribution < -0.4 is 5.32 Å². The molecule has 0 unspecified atom stereocenters. The number of amides is 1. The van der Waals surface area contributed by atoms with Crippen molar-refractivity contribution < 1.29 is 4.79 Å². The summed E-state index contributed by atoms with van der Waals surface area (Å²) in [4.78, 5) is 13.1. The molecule has 142 valence electrons. The van der Waals surface area contributed by atoms with Gasteiger partial charge >= 0.3 is 0 Å². The fraction of sp³-hybridized carbons (Fsp3) is 0.0435. The van der Waals surface area contributed by atoms with E-state index in [9.17, 15) is 4.79 Å². The van der Waals surface area contributed by atoms with Crippen molar-refractivity contribution in [3.63, 3.8) is 0 Å². The quantitative estimate of drug-likeness (QED) is 0.443. The molecule has 3 aromatic heterocycles. The summed E-state index contributed by atoms with van der Waals surface area (Å²) in [7, 11) is 0. The highest BCUT2D eigenvalue weighted by molar-refractivity contribution is 7.17. The molecule has 3 heterocycles. The number of aromatic nitrogens is 3. The summed E-state index contributed by atoms with van der Waals surface area (Å²) in [5.74, 6) is -0.115. The van der Waals surface area contributed by atoms with Gasteiger partial charge in [0, 0.05) is 24.6 Å². The van der Waals surface area contributed by atoms with Crippen LogP contribution in [0.4, 0.5) is 5.69 Å². The summed E-state index contributed by atoms with van der Waals surface area (Å²) >= 11 is 1.65. The van der Waals surface area contributed by atoms with E-state index in [1.54, 1.807) is 22.2 Å². The largest absolute Gasteiger partial charge is 0.331 e. The third-order valence-electron chi connectivity index (χ3n) is 4.83. The Morgan fingerprint density at radius 2 is 1.83 bits per heavy atom. The third-order valence-corrected chi connectivity index (χ3v) is 5.69. The highest BCUT2D eigenvalue weighted by Gasteiger charge is 2.17. The maximum Gasteiger partial charge on any atom is 0.272 e. The zero-order chi connectivity index (χ0) is 19.6. The van der Waals surface area contributed by atoms with Crippen LogP contribution in [0.5, 0.6) is 0 Å². The van der Waals surface area contributed by atoms with Gasteiger partial charge in [0.1, 0.15) is 5.69 Å². The van der Waals surface area contributed by atoms with Crippen molar-refractivity contribution >= 4 is 33.1 Å². The van der Waals surface area contributed by atoms with Gasteiger partial charge in [-0.05, 0) is 53.4 Å². The second-order valence-electron chi connectivity index (χ2n) is 6.72. The molecule has 5 rings (SSSR count). The highest BCUT2D eigenvalue weighted by atomic mass is 32.1. The predicted molar refractivity (Wildman–Crippen MR) is 117 cm³/mol. The predicted octanol–water partition coefficient (Wildman–Crippen LogP) is 5.19. The molecule has 5 nitrogen and oxygen atoms in total. The summed E-state index contributed by atoms with van der Waals surface area (Å²) in [6, 6.07) is 23.8. The van der Waals surface area contributed by atoms with Crippen LogP contribution in [-0.4, -0.2) is 20.3 Å². The first-order chi connectivity index (χ1) is 14.3. The average molecular weight is 398 g/mol. The van der Waals surface area contributed by atoms with E-state index >= 15 is 0 Å². The van der Waals surface area contributed by atoms with Gasteiger partial charge in [0.05, 0.1) is 15.9 Å². The molecule has 29 heavy (non-hydrogen) atoms. The Bertz CT molecular complexity index is 1250. The van der Waals surface area contributed by atoms with E-state index in [0.717, 1.165) is 27.2 Å². The SMILES string of the molecule is O=C(Nc1ccc(-n2cccn2)cc1)c1cc2sccc2n1Cc1ccccc1. The van der Waals surface area contributed by atoms with Crippen LogP contribution in [0.2, 0.25) is 0 Å². The minimum Gasteiger partial charge on any atom is -0.331 e. The smallest absolute Gasteiger partial charge is 0.272 e. The molecule has 0 saturated heterocycles. The molecule has 5 aromatic rings. The van der Waals surface area contributed by atoms with Crippen LogP contribution in [-0.2, 0) is 6.54 Å². The van der Waals surface area contributed by atoms with Crippen molar-refractivity contribution in [1.29, 1.82) is 0 Å². The summed E-state index contributed by atoms with van der Waals surface area (Å²) in [6.07, 6.45) is 3.62. The fourth-order valence-corrected chi connectivity index (χ4v) is 4.24. The van der Waals surface area contributed by atoms with E-state index in [1.165, 1.54) is 0 Å². The Labute approximate surface area is 171 Å². The second-order valence-corrected chi connectivity index (χ2v) is 7.67. The molecule has 0 spiro atoms. The highest BCUT2D eigenvalue weighted by Crippen LogP contribution is 2.27. The fourth-order valence-electron chi connectivity index (χ4n) is 3.42. The Hall–Kier alpha value is -3.64. The summed E-state index contributed by atoms with van der Waals surface area (Å²) in [5.41, 5.74) is 4.60. The Morgan fingerprint density at radius 1 is 1.00 bits per heavy atom. The summed E-state index contributed by atoms with van der Waals surface area (Å²) < 4.78 is 4.97. The maximum absolute atomic E-state index is 13.1. The second kappa shape index (κ2) is 7.41. The normalized spacial score (nSPS) is 11.0. The van der Waals surface area contributed by atoms with Crippen LogP contribution in [0.1, 0.15) is 16.1 Å². The zero-order valence-electron chi connectivity index (χ0n) is 15.5. The van der Waals surface area contributed by atoms with Crippen molar-refractivity contribution in [2.45, 2.75) is 6.54 Å². The van der Waals surface area contributed by atoms with Crippen LogP contribution in [0.25, 0.3) is 15.9 Å². The number of hydrogen-bond acceptors (Lipinski definition) is 3. The lowest BCUT2D eigenvalue weighted by Crippen LogP contribution is -2.17. The van der Waals surface area contributed by atoms with Gasteiger partial charge in [0.2, 0.25) is 0 Å². The average Bonchev–Trinajstić information content (AvgIpc) is 3.48. The molecular weight excluding hydrogens is 380 g/mol. The number of nitrogens with one attached hydrogen (secondary N) is 1. The van der Waals surface area contributed by atoms with Crippen molar-refractivity contribution in [1.82, 2.24) is 14.3 Å². The van der Waals surface area contributed by atoms with E-state index in [0.29, 0.717) is 12.2 Å². The van der Waals surface area contributed by atoms with Gasteiger partial charge in [0.25, 0.3) is 5.91 Å². The van der Waals surface area contributed by atoms with Gasteiger partial charge in [0.15, 0.2) is 0 Å². The van der Waals surface area contributed by atoms with Crippen molar-refractivity contribution in [2.24, 2.45) is 0 Å². The molecule has 0 aliphatic rings. The minimum absolute atomic E-state index is 0.115. The van der Waals surface area contributed by atoms with Crippen LogP contribution >= 0.6 is 11.3 Å². The number of carbonyl (C=O) groups is 1. The molecule has 0 atom stereocenters. The Balaban J connectivity index is 1.42. The minimum atomic E-state index is -0.115. The number of nitrogens with zero attached hydrogens (tertiary/aromatic N) is 3. The molecule has 1 N–H and O–H groups in total. The van der Waals surface area contributed by atoms with Crippen LogP contribution in [0.3, 0.4) is 0 Å². The van der Waals surface area contributed by atoms with Gasteiger partial charge in [-0.25, -0.2) is 4.68 Å². The zero-order valence-corrected chi connectivity index (χ0v) is 16.3. The number of hydrogen-bond donors (Lipinski definition) is 1. The molecule has 0 fully saturated rings. The number of carbonyl (C=O) groups excluding carboxylic acids is 1. The number of benzene rings is 2. The standard InChI is InChI=1S/C23H18N4OS/c28-23(25-18-7-9-19(10-8-18)27-13-4-12-24-27)21-15-22-20(11-14-29-22)26(21)16-17-5-2-1-3-6-17/h1-15H,16H2,(H,25,28). The van der Waals surface area contributed by atoms with Gasteiger partial charge < -0.3 is 9.88 Å². The number of fused-ring (bicyclic) bond motifs is 1. The molecule has 0 aliphatic heterocycles. The van der Waals surface area contributed by atoms with Crippen molar-refractivity contribution in [3.8, 4) is 5.69 Å². The first-order valence-electron chi connectivity index (χ1n) is 9.30. The molecule has 0 aliphatic carbocycles. The monoisotopic (exact) mass is 398 g/mol. The first kappa shape index (κ1) is 17.5. The molecule has 0 bridgehead atoms. The lowest BCUT2D eigenvalue weighted by Gasteiger charge is -2.11. The Morgan fingerprint density at radius 3 is 2.59 bits per heavy atom. The molecule has 1 amide bonds. The lowest BCUT2D eigenvalue weighted by atomic mass is 10.2. The van der Waals surface area contributed by atoms with Gasteiger partial charge in [-0.15, -0.1) is 11.3 Å². The number of anilines is 1. The number of thiophene rings is 1. The summed E-state index contributed by atoms with van der Waals surface area (Å²) in [5, 5.41) is 9.30. The first-order valence-corrected chi connectivity index (χ1v) is 10.2. The van der Waals surface area contributed by atoms with Crippen molar-refractivity contribution in [2.75, 3.05) is 5.32 Å². The van der Waals surface area contributed by atoms with Crippen LogP contribution in [0, 0.1) is 0 Å². The van der Waals surface area contributed by atoms with Gasteiger partial charge in [-0.1, -0.05) is 30.3 Å². The molecular formula is C23H18N4OS. The van der Waals surface area contributed by atoms with E-state index in [2.05, 4.69) is 38.6 Å². The topological polar surface area (TPSA) is 51.9 Å². The lowest BCUT2D eigenvalue weighted by molar-refractivity contribution is 0.101. The van der Waals surface area contributed by atoms with E-state index in [4.69, 9.17) is 0 Å². The molecule has 0 radical (unpaired) electrons. The van der Waals surface area contributed by atoms with Crippen molar-refractivity contribution in [3.05, 3.63) is 102 Å². The number of rotatable bonds is 5. The molecule has 2 aromatic carbocycles. The van der Waals surface area contributed by atoms with Crippen LogP contribution in [0.15, 0.2) is 90.6 Å². The van der Waals surface area contributed by atoms with E-state index in [-0.39, 0.29) is 5.91 Å². The maximum atomic E-state index is 13.1. The Kier molecular flexibility index (Phi) is 4.46. The summed E-state index contributed by atoms with van der Waals surface area (Å²) in [6.45, 7) is 0.655. The van der Waals surface area contributed by atoms with Gasteiger partial charge in [-0.3, -0.25) is 4.79 Å². The van der Waals surface area contributed by atoms with E-state index < -0.39 is 0 Å². The van der Waals surface area contributed by atoms with Gasteiger partial charge in [-0.2, -0.15) is 5.10 Å². The molecule has 6 heteroatoms. The third kappa shape index (κ3) is 3.46. The van der Waals surface area contributed by atoms with E-state index in [1.807, 2.05) is 60.8 Å². The molecule has 0 saturated carbocycles.